The third kappa shape index (κ3) is 4.58. The molecule has 1 aliphatic rings. The summed E-state index contributed by atoms with van der Waals surface area (Å²) in [5.41, 5.74) is -0.763. The molecule has 0 radical (unpaired) electrons. The SMILES string of the molecule is COCCCN1C(=O)C[C@](CC(=O)N(C)Cc2cccs2)(c2ccccc2Cl)C1=O. The van der Waals surface area contributed by atoms with Gasteiger partial charge in [0, 0.05) is 50.1 Å². The van der Waals surface area contributed by atoms with Gasteiger partial charge >= 0.3 is 0 Å². The summed E-state index contributed by atoms with van der Waals surface area (Å²) in [6.45, 7) is 1.16. The summed E-state index contributed by atoms with van der Waals surface area (Å²) in [5, 5.41) is 2.33. The van der Waals surface area contributed by atoms with Crippen LogP contribution in [0.15, 0.2) is 41.8 Å². The lowest BCUT2D eigenvalue weighted by atomic mass is 9.75. The maximum absolute atomic E-state index is 13.5. The number of likely N-dealkylation sites (tertiary alicyclic amines) is 1. The molecule has 0 saturated carbocycles. The Morgan fingerprint density at radius 3 is 2.70 bits per heavy atom. The average molecular weight is 449 g/mol. The van der Waals surface area contributed by atoms with Gasteiger partial charge in [-0.3, -0.25) is 19.3 Å². The number of hydrogen-bond donors (Lipinski definition) is 0. The van der Waals surface area contributed by atoms with Crippen molar-refractivity contribution >= 4 is 40.7 Å². The summed E-state index contributed by atoms with van der Waals surface area (Å²) >= 11 is 8.00. The molecule has 3 amide bonds. The van der Waals surface area contributed by atoms with Crippen LogP contribution in [0.3, 0.4) is 0 Å². The molecule has 6 nitrogen and oxygen atoms in total. The number of ether oxygens (including phenoxy) is 1. The van der Waals surface area contributed by atoms with Gasteiger partial charge in [0.2, 0.25) is 17.7 Å². The molecule has 0 N–H and O–H groups in total. The number of amides is 3. The van der Waals surface area contributed by atoms with E-state index in [1.54, 1.807) is 54.7 Å². The highest BCUT2D eigenvalue weighted by atomic mass is 35.5. The predicted molar refractivity (Wildman–Crippen MR) is 116 cm³/mol. The predicted octanol–water partition coefficient (Wildman–Crippen LogP) is 3.48. The number of benzene rings is 1. The van der Waals surface area contributed by atoms with E-state index < -0.39 is 5.41 Å². The van der Waals surface area contributed by atoms with Crippen molar-refractivity contribution in [2.45, 2.75) is 31.2 Å². The first-order valence-corrected chi connectivity index (χ1v) is 11.0. The molecule has 30 heavy (non-hydrogen) atoms. The third-order valence-corrected chi connectivity index (χ3v) is 6.57. The lowest BCUT2D eigenvalue weighted by Gasteiger charge is -2.30. The maximum atomic E-state index is 13.5. The smallest absolute Gasteiger partial charge is 0.240 e. The third-order valence-electron chi connectivity index (χ3n) is 5.38. The molecule has 1 fully saturated rings. The number of hydrogen-bond acceptors (Lipinski definition) is 5. The number of rotatable bonds is 9. The summed E-state index contributed by atoms with van der Waals surface area (Å²) in [6, 6.07) is 10.8. The van der Waals surface area contributed by atoms with Crippen molar-refractivity contribution in [3.05, 3.63) is 57.2 Å². The van der Waals surface area contributed by atoms with E-state index in [1.165, 1.54) is 4.90 Å². The molecule has 2 heterocycles. The molecule has 8 heteroatoms. The van der Waals surface area contributed by atoms with Gasteiger partial charge in [0.05, 0.1) is 12.0 Å². The molecule has 0 aliphatic carbocycles. The van der Waals surface area contributed by atoms with Gasteiger partial charge in [0.25, 0.3) is 0 Å². The van der Waals surface area contributed by atoms with Crippen molar-refractivity contribution in [3.8, 4) is 0 Å². The lowest BCUT2D eigenvalue weighted by molar-refractivity contribution is -0.142. The number of thiophene rings is 1. The molecule has 2 aromatic rings. The number of methoxy groups -OCH3 is 1. The summed E-state index contributed by atoms with van der Waals surface area (Å²) in [6.07, 6.45) is 0.365. The number of carbonyl (C=O) groups excluding carboxylic acids is 3. The van der Waals surface area contributed by atoms with E-state index in [0.29, 0.717) is 30.2 Å². The molecule has 1 aromatic carbocycles. The van der Waals surface area contributed by atoms with Gasteiger partial charge in [-0.05, 0) is 29.5 Å². The maximum Gasteiger partial charge on any atom is 0.240 e. The van der Waals surface area contributed by atoms with Crippen LogP contribution in [0.1, 0.15) is 29.7 Å². The minimum Gasteiger partial charge on any atom is -0.385 e. The second-order valence-electron chi connectivity index (χ2n) is 7.44. The van der Waals surface area contributed by atoms with E-state index in [1.807, 2.05) is 17.5 Å². The van der Waals surface area contributed by atoms with Crippen molar-refractivity contribution in [1.29, 1.82) is 0 Å². The van der Waals surface area contributed by atoms with Crippen molar-refractivity contribution in [1.82, 2.24) is 9.80 Å². The second kappa shape index (κ2) is 9.73. The van der Waals surface area contributed by atoms with Crippen LogP contribution in [-0.2, 0) is 31.1 Å². The Hall–Kier alpha value is -2.22. The van der Waals surface area contributed by atoms with E-state index in [4.69, 9.17) is 16.3 Å². The highest BCUT2D eigenvalue weighted by molar-refractivity contribution is 7.09. The van der Waals surface area contributed by atoms with Crippen LogP contribution in [0.5, 0.6) is 0 Å². The fourth-order valence-corrected chi connectivity index (χ4v) is 4.88. The monoisotopic (exact) mass is 448 g/mol. The minimum absolute atomic E-state index is 0.0683. The van der Waals surface area contributed by atoms with E-state index in [0.717, 1.165) is 4.88 Å². The van der Waals surface area contributed by atoms with E-state index in [9.17, 15) is 14.4 Å². The van der Waals surface area contributed by atoms with Crippen molar-refractivity contribution < 1.29 is 19.1 Å². The van der Waals surface area contributed by atoms with Crippen LogP contribution in [0.2, 0.25) is 5.02 Å². The average Bonchev–Trinajstić information content (AvgIpc) is 3.30. The van der Waals surface area contributed by atoms with Crippen LogP contribution in [0.25, 0.3) is 0 Å². The Bertz CT molecular complexity index is 918. The van der Waals surface area contributed by atoms with Gasteiger partial charge in [-0.25, -0.2) is 0 Å². The van der Waals surface area contributed by atoms with Gasteiger partial charge in [-0.2, -0.15) is 0 Å². The quantitative estimate of drug-likeness (QED) is 0.435. The van der Waals surface area contributed by atoms with Crippen molar-refractivity contribution in [2.24, 2.45) is 0 Å². The molecule has 3 rings (SSSR count). The summed E-state index contributed by atoms with van der Waals surface area (Å²) < 4.78 is 5.04. The Labute approximate surface area is 185 Å². The Balaban J connectivity index is 1.90. The first-order chi connectivity index (χ1) is 14.4. The van der Waals surface area contributed by atoms with Crippen LogP contribution >= 0.6 is 22.9 Å². The van der Waals surface area contributed by atoms with Crippen LogP contribution in [0, 0.1) is 0 Å². The number of nitrogens with zero attached hydrogens (tertiary/aromatic N) is 2. The zero-order chi connectivity index (χ0) is 21.7. The molecule has 1 aromatic heterocycles. The Kier molecular flexibility index (Phi) is 7.28. The van der Waals surface area contributed by atoms with E-state index in [-0.39, 0.29) is 37.1 Å². The van der Waals surface area contributed by atoms with Gasteiger partial charge in [0.1, 0.15) is 0 Å². The molecule has 0 spiro atoms. The summed E-state index contributed by atoms with van der Waals surface area (Å²) in [4.78, 5) is 43.3. The fourth-order valence-electron chi connectivity index (χ4n) is 3.80. The number of halogens is 1. The summed E-state index contributed by atoms with van der Waals surface area (Å²) in [5.74, 6) is -0.859. The molecular formula is C22H25ClN2O4S. The van der Waals surface area contributed by atoms with E-state index >= 15 is 0 Å². The van der Waals surface area contributed by atoms with Gasteiger partial charge in [-0.1, -0.05) is 35.9 Å². The second-order valence-corrected chi connectivity index (χ2v) is 8.88. The van der Waals surface area contributed by atoms with Gasteiger partial charge in [-0.15, -0.1) is 11.3 Å². The standard InChI is InChI=1S/C22H25ClN2O4S/c1-24(15-16-7-5-12-30-16)19(26)13-22(17-8-3-4-9-18(17)23)14-20(27)25(21(22)28)10-6-11-29-2/h3-5,7-9,12H,6,10-11,13-15H2,1-2H3/t22-/m1/s1. The highest BCUT2D eigenvalue weighted by Crippen LogP contribution is 2.43. The highest BCUT2D eigenvalue weighted by Gasteiger charge is 2.54. The van der Waals surface area contributed by atoms with Crippen LogP contribution in [0.4, 0.5) is 0 Å². The molecular weight excluding hydrogens is 424 g/mol. The summed E-state index contributed by atoms with van der Waals surface area (Å²) in [7, 11) is 3.28. The number of imide groups is 1. The van der Waals surface area contributed by atoms with Crippen LogP contribution in [-0.4, -0.2) is 54.8 Å². The first-order valence-electron chi connectivity index (χ1n) is 9.74. The fraction of sp³-hybridized carbons (Fsp3) is 0.409. The first kappa shape index (κ1) is 22.5. The molecule has 0 bridgehead atoms. The van der Waals surface area contributed by atoms with Crippen molar-refractivity contribution in [3.63, 3.8) is 0 Å². The normalized spacial score (nSPS) is 18.8. The van der Waals surface area contributed by atoms with Crippen molar-refractivity contribution in [2.75, 3.05) is 27.3 Å². The molecule has 1 saturated heterocycles. The molecule has 1 aliphatic heterocycles. The zero-order valence-corrected chi connectivity index (χ0v) is 18.7. The van der Waals surface area contributed by atoms with Gasteiger partial charge < -0.3 is 9.64 Å². The topological polar surface area (TPSA) is 66.9 Å². The molecule has 160 valence electrons. The minimum atomic E-state index is -1.29. The largest absolute Gasteiger partial charge is 0.385 e. The lowest BCUT2D eigenvalue weighted by Crippen LogP contribution is -2.43. The Morgan fingerprint density at radius 1 is 1.27 bits per heavy atom. The van der Waals surface area contributed by atoms with E-state index in [2.05, 4.69) is 0 Å². The molecule has 0 unspecified atom stereocenters. The van der Waals surface area contributed by atoms with Crippen LogP contribution < -0.4 is 0 Å². The van der Waals surface area contributed by atoms with Gasteiger partial charge in [0.15, 0.2) is 0 Å². The zero-order valence-electron chi connectivity index (χ0n) is 17.1. The Morgan fingerprint density at radius 2 is 2.03 bits per heavy atom. The molecule has 1 atom stereocenters. The number of carbonyl (C=O) groups is 3.